The summed E-state index contributed by atoms with van der Waals surface area (Å²) < 4.78 is 5.19. The van der Waals surface area contributed by atoms with Crippen molar-refractivity contribution in [1.82, 2.24) is 15.4 Å². The van der Waals surface area contributed by atoms with Crippen molar-refractivity contribution in [2.75, 3.05) is 0 Å². The van der Waals surface area contributed by atoms with E-state index in [9.17, 15) is 4.79 Å². The highest BCUT2D eigenvalue weighted by molar-refractivity contribution is 6.02. The van der Waals surface area contributed by atoms with Crippen LogP contribution in [0.2, 0.25) is 0 Å². The quantitative estimate of drug-likeness (QED) is 0.579. The fourth-order valence-corrected chi connectivity index (χ4v) is 1.92. The number of fused-ring (bicyclic) bond motifs is 3. The van der Waals surface area contributed by atoms with Crippen LogP contribution in [0.15, 0.2) is 21.3 Å². The molecule has 3 aromatic rings. The van der Waals surface area contributed by atoms with Gasteiger partial charge in [0.05, 0.1) is 0 Å². The maximum atomic E-state index is 11.3. The van der Waals surface area contributed by atoms with Gasteiger partial charge in [0.2, 0.25) is 0 Å². The second-order valence-electron chi connectivity index (χ2n) is 3.84. The molecular formula is C11H9N3O2. The third kappa shape index (κ3) is 1.08. The molecule has 80 valence electrons. The summed E-state index contributed by atoms with van der Waals surface area (Å²) in [5, 5.41) is 11.5. The van der Waals surface area contributed by atoms with Crippen molar-refractivity contribution in [3.8, 4) is 0 Å². The number of nitrogens with one attached hydrogen (secondary N) is 1. The van der Waals surface area contributed by atoms with Gasteiger partial charge in [-0.25, -0.2) is 4.79 Å². The molecule has 5 heteroatoms. The lowest BCUT2D eigenvalue weighted by Gasteiger charge is -2.02. The first-order valence-corrected chi connectivity index (χ1v) is 4.91. The van der Waals surface area contributed by atoms with E-state index in [0.29, 0.717) is 11.1 Å². The number of H-pyrrole nitrogens is 1. The topological polar surface area (TPSA) is 71.8 Å². The zero-order chi connectivity index (χ0) is 11.3. The van der Waals surface area contributed by atoms with Crippen LogP contribution < -0.4 is 5.63 Å². The number of nitrogens with zero attached hydrogens (tertiary/aromatic N) is 2. The van der Waals surface area contributed by atoms with Crippen LogP contribution in [0.4, 0.5) is 0 Å². The molecule has 2 heterocycles. The first kappa shape index (κ1) is 9.08. The van der Waals surface area contributed by atoms with Gasteiger partial charge in [0.15, 0.2) is 11.1 Å². The number of benzene rings is 1. The Labute approximate surface area is 90.1 Å². The Kier molecular flexibility index (Phi) is 1.65. The summed E-state index contributed by atoms with van der Waals surface area (Å²) in [7, 11) is 0. The predicted octanol–water partition coefficient (Wildman–Crippen LogP) is 1.68. The van der Waals surface area contributed by atoms with Crippen LogP contribution in [0.5, 0.6) is 0 Å². The number of aryl methyl sites for hydroxylation is 2. The fourth-order valence-electron chi connectivity index (χ4n) is 1.92. The Bertz CT molecular complexity index is 755. The highest BCUT2D eigenvalue weighted by Crippen LogP contribution is 2.26. The standard InChI is InChI=1S/C11H9N3O2/c1-5-4-8(15)16-11-7(5)3-6(2)9-10(11)13-14-12-9/h3-4H,1-2H3,(H,12,13,14). The van der Waals surface area contributed by atoms with Crippen molar-refractivity contribution in [2.24, 2.45) is 0 Å². The van der Waals surface area contributed by atoms with Gasteiger partial charge in [-0.3, -0.25) is 0 Å². The van der Waals surface area contributed by atoms with Gasteiger partial charge in [0, 0.05) is 11.5 Å². The molecule has 0 radical (unpaired) electrons. The van der Waals surface area contributed by atoms with Crippen LogP contribution in [0.25, 0.3) is 22.0 Å². The zero-order valence-corrected chi connectivity index (χ0v) is 8.87. The molecule has 1 N–H and O–H groups in total. The zero-order valence-electron chi connectivity index (χ0n) is 8.87. The van der Waals surface area contributed by atoms with Crippen LogP contribution in [0.1, 0.15) is 11.1 Å². The average Bonchev–Trinajstić information content (AvgIpc) is 2.69. The summed E-state index contributed by atoms with van der Waals surface area (Å²) >= 11 is 0. The summed E-state index contributed by atoms with van der Waals surface area (Å²) in [5.74, 6) is 0. The van der Waals surface area contributed by atoms with Crippen LogP contribution in [0, 0.1) is 13.8 Å². The summed E-state index contributed by atoms with van der Waals surface area (Å²) in [6, 6.07) is 3.44. The predicted molar refractivity (Wildman–Crippen MR) is 59.4 cm³/mol. The molecule has 0 unspecified atom stereocenters. The molecule has 0 aliphatic carbocycles. The lowest BCUT2D eigenvalue weighted by Crippen LogP contribution is -1.98. The van der Waals surface area contributed by atoms with Crippen molar-refractivity contribution in [2.45, 2.75) is 13.8 Å². The van der Waals surface area contributed by atoms with Crippen LogP contribution in [0.3, 0.4) is 0 Å². The largest absolute Gasteiger partial charge is 0.420 e. The molecule has 1 aromatic carbocycles. The lowest BCUT2D eigenvalue weighted by molar-refractivity contribution is 0.562. The van der Waals surface area contributed by atoms with Crippen molar-refractivity contribution in [3.63, 3.8) is 0 Å². The molecule has 0 spiro atoms. The highest BCUT2D eigenvalue weighted by atomic mass is 16.4. The van der Waals surface area contributed by atoms with Gasteiger partial charge in [-0.15, -0.1) is 0 Å². The molecular weight excluding hydrogens is 206 g/mol. The maximum absolute atomic E-state index is 11.3. The Morgan fingerprint density at radius 3 is 2.69 bits per heavy atom. The van der Waals surface area contributed by atoms with Gasteiger partial charge >= 0.3 is 5.63 Å². The van der Waals surface area contributed by atoms with Gasteiger partial charge in [0.25, 0.3) is 0 Å². The minimum absolute atomic E-state index is 0.363. The smallest absolute Gasteiger partial charge is 0.336 e. The summed E-state index contributed by atoms with van der Waals surface area (Å²) in [6.45, 7) is 3.83. The van der Waals surface area contributed by atoms with Gasteiger partial charge in [-0.1, -0.05) is 0 Å². The summed E-state index contributed by atoms with van der Waals surface area (Å²) in [4.78, 5) is 11.3. The minimum atomic E-state index is -0.363. The molecule has 0 atom stereocenters. The highest BCUT2D eigenvalue weighted by Gasteiger charge is 2.12. The summed E-state index contributed by atoms with van der Waals surface area (Å²) in [6.07, 6.45) is 0. The van der Waals surface area contributed by atoms with Gasteiger partial charge < -0.3 is 4.42 Å². The van der Waals surface area contributed by atoms with E-state index in [-0.39, 0.29) is 5.63 Å². The van der Waals surface area contributed by atoms with Gasteiger partial charge in [0.1, 0.15) is 5.52 Å². The molecule has 0 fully saturated rings. The van der Waals surface area contributed by atoms with Crippen molar-refractivity contribution in [3.05, 3.63) is 33.7 Å². The molecule has 2 aromatic heterocycles. The SMILES string of the molecule is Cc1cc(=O)oc2c1cc(C)c1n[nH]nc12. The van der Waals surface area contributed by atoms with Gasteiger partial charge in [-0.2, -0.15) is 15.4 Å². The third-order valence-electron chi connectivity index (χ3n) is 2.70. The molecule has 3 rings (SSSR count). The van der Waals surface area contributed by atoms with Gasteiger partial charge in [-0.05, 0) is 31.0 Å². The van der Waals surface area contributed by atoms with E-state index < -0.39 is 0 Å². The minimum Gasteiger partial charge on any atom is -0.420 e. The Hall–Kier alpha value is -2.17. The average molecular weight is 215 g/mol. The van der Waals surface area contributed by atoms with E-state index >= 15 is 0 Å². The number of rotatable bonds is 0. The van der Waals surface area contributed by atoms with E-state index in [4.69, 9.17) is 4.42 Å². The lowest BCUT2D eigenvalue weighted by atomic mass is 10.1. The Morgan fingerprint density at radius 2 is 1.88 bits per heavy atom. The van der Waals surface area contributed by atoms with Crippen LogP contribution >= 0.6 is 0 Å². The summed E-state index contributed by atoms with van der Waals surface area (Å²) in [5.41, 5.74) is 3.38. The fraction of sp³-hybridized carbons (Fsp3) is 0.182. The van der Waals surface area contributed by atoms with Crippen molar-refractivity contribution in [1.29, 1.82) is 0 Å². The molecule has 0 bridgehead atoms. The normalized spacial score (nSPS) is 11.4. The van der Waals surface area contributed by atoms with E-state index in [2.05, 4.69) is 15.4 Å². The molecule has 5 nitrogen and oxygen atoms in total. The van der Waals surface area contributed by atoms with E-state index in [1.165, 1.54) is 6.07 Å². The molecule has 0 saturated heterocycles. The molecule has 16 heavy (non-hydrogen) atoms. The third-order valence-corrected chi connectivity index (χ3v) is 2.70. The molecule has 0 saturated carbocycles. The number of aromatic nitrogens is 3. The van der Waals surface area contributed by atoms with Crippen molar-refractivity contribution >= 4 is 22.0 Å². The Balaban J connectivity index is 2.69. The number of aromatic amines is 1. The van der Waals surface area contributed by atoms with E-state index in [1.807, 2.05) is 19.9 Å². The molecule has 0 amide bonds. The van der Waals surface area contributed by atoms with E-state index in [1.54, 1.807) is 0 Å². The first-order valence-electron chi connectivity index (χ1n) is 4.91. The maximum Gasteiger partial charge on any atom is 0.336 e. The second kappa shape index (κ2) is 2.91. The van der Waals surface area contributed by atoms with E-state index in [0.717, 1.165) is 22.0 Å². The monoisotopic (exact) mass is 215 g/mol. The van der Waals surface area contributed by atoms with Crippen molar-refractivity contribution < 1.29 is 4.42 Å². The molecule has 0 aliphatic rings. The molecule has 0 aliphatic heterocycles. The second-order valence-corrected chi connectivity index (χ2v) is 3.84. The Morgan fingerprint density at radius 1 is 1.12 bits per heavy atom. The number of hydrogen-bond donors (Lipinski definition) is 1. The number of hydrogen-bond acceptors (Lipinski definition) is 4. The first-order chi connectivity index (χ1) is 7.66. The van der Waals surface area contributed by atoms with Crippen LogP contribution in [-0.2, 0) is 0 Å². The van der Waals surface area contributed by atoms with Crippen LogP contribution in [-0.4, -0.2) is 15.4 Å².